The molecule has 1 aromatic carbocycles. The number of imidazole rings is 1. The van der Waals surface area contributed by atoms with E-state index in [0.717, 1.165) is 38.5 Å². The normalized spacial score (nSPS) is 25.2. The SMILES string of the molecule is CC(C)(O)[C@@H]1CC[C@H](n2c(Nc3c(F)cccc3F)nc3cnc(N[C@H]4CC[C@H](O)CC4)nc32)C1. The van der Waals surface area contributed by atoms with Gasteiger partial charge in [-0.05, 0) is 76.8 Å². The van der Waals surface area contributed by atoms with Crippen LogP contribution >= 0.6 is 0 Å². The molecule has 5 rings (SSSR count). The molecule has 10 heteroatoms. The number of halogens is 2. The molecule has 8 nitrogen and oxygen atoms in total. The number of nitrogens with one attached hydrogen (secondary N) is 2. The van der Waals surface area contributed by atoms with Gasteiger partial charge in [0.1, 0.15) is 22.8 Å². The van der Waals surface area contributed by atoms with Crippen molar-refractivity contribution >= 4 is 28.7 Å². The Morgan fingerprint density at radius 1 is 1.03 bits per heavy atom. The van der Waals surface area contributed by atoms with Crippen LogP contribution in [-0.2, 0) is 0 Å². The minimum absolute atomic E-state index is 0.0543. The first-order valence-electron chi connectivity index (χ1n) is 12.3. The molecule has 0 saturated heterocycles. The summed E-state index contributed by atoms with van der Waals surface area (Å²) in [5.41, 5.74) is -0.0170. The molecule has 0 bridgehead atoms. The number of nitrogens with zero attached hydrogens (tertiary/aromatic N) is 4. The fraction of sp³-hybridized carbons (Fsp3) is 0.560. The Bertz CT molecular complexity index is 1180. The summed E-state index contributed by atoms with van der Waals surface area (Å²) >= 11 is 0. The molecule has 0 amide bonds. The Hall–Kier alpha value is -2.85. The lowest BCUT2D eigenvalue weighted by atomic mass is 9.89. The molecule has 0 aliphatic heterocycles. The van der Waals surface area contributed by atoms with Gasteiger partial charge in [-0.1, -0.05) is 6.07 Å². The van der Waals surface area contributed by atoms with Gasteiger partial charge in [0.25, 0.3) is 0 Å². The van der Waals surface area contributed by atoms with E-state index >= 15 is 0 Å². The number of hydrogen-bond donors (Lipinski definition) is 4. The molecule has 2 atom stereocenters. The first-order valence-corrected chi connectivity index (χ1v) is 12.3. The highest BCUT2D eigenvalue weighted by Gasteiger charge is 2.37. The Morgan fingerprint density at radius 2 is 1.74 bits per heavy atom. The molecular weight excluding hydrogens is 454 g/mol. The van der Waals surface area contributed by atoms with Crippen molar-refractivity contribution in [3.63, 3.8) is 0 Å². The molecule has 2 aliphatic carbocycles. The average molecular weight is 487 g/mol. The number of fused-ring (bicyclic) bond motifs is 1. The Balaban J connectivity index is 1.52. The maximum absolute atomic E-state index is 14.4. The number of hydrogen-bond acceptors (Lipinski definition) is 7. The van der Waals surface area contributed by atoms with E-state index in [1.807, 2.05) is 18.4 Å². The van der Waals surface area contributed by atoms with Crippen LogP contribution in [0, 0.1) is 17.6 Å². The van der Waals surface area contributed by atoms with Gasteiger partial charge in [-0.2, -0.15) is 4.98 Å². The van der Waals surface area contributed by atoms with Crippen molar-refractivity contribution in [1.82, 2.24) is 19.5 Å². The lowest BCUT2D eigenvalue weighted by molar-refractivity contribution is 0.0186. The van der Waals surface area contributed by atoms with Crippen LogP contribution in [0.3, 0.4) is 0 Å². The van der Waals surface area contributed by atoms with Crippen LogP contribution in [-0.4, -0.2) is 47.5 Å². The van der Waals surface area contributed by atoms with Gasteiger partial charge in [0.15, 0.2) is 5.65 Å². The number of aliphatic hydroxyl groups excluding tert-OH is 1. The first-order chi connectivity index (χ1) is 16.7. The second-order valence-electron chi connectivity index (χ2n) is 10.4. The fourth-order valence-corrected chi connectivity index (χ4v) is 5.36. The third-order valence-electron chi connectivity index (χ3n) is 7.43. The second kappa shape index (κ2) is 9.31. The van der Waals surface area contributed by atoms with E-state index in [1.165, 1.54) is 18.2 Å². The molecule has 2 fully saturated rings. The maximum Gasteiger partial charge on any atom is 0.224 e. The molecule has 0 radical (unpaired) electrons. The summed E-state index contributed by atoms with van der Waals surface area (Å²) in [5, 5.41) is 26.6. The van der Waals surface area contributed by atoms with Crippen LogP contribution in [0.4, 0.5) is 26.4 Å². The summed E-state index contributed by atoms with van der Waals surface area (Å²) in [4.78, 5) is 13.8. The van der Waals surface area contributed by atoms with Crippen LogP contribution in [0.2, 0.25) is 0 Å². The molecular formula is C25H32F2N6O2. The summed E-state index contributed by atoms with van der Waals surface area (Å²) in [6.45, 7) is 3.62. The molecule has 2 aliphatic rings. The minimum Gasteiger partial charge on any atom is -0.393 e. The minimum atomic E-state index is -0.830. The van der Waals surface area contributed by atoms with E-state index < -0.39 is 17.2 Å². The lowest BCUT2D eigenvalue weighted by Crippen LogP contribution is -2.29. The number of benzene rings is 1. The Morgan fingerprint density at radius 3 is 2.40 bits per heavy atom. The van der Waals surface area contributed by atoms with Gasteiger partial charge in [-0.25, -0.2) is 18.7 Å². The highest BCUT2D eigenvalue weighted by Crippen LogP contribution is 2.43. The van der Waals surface area contributed by atoms with E-state index in [9.17, 15) is 19.0 Å². The van der Waals surface area contributed by atoms with Crippen molar-refractivity contribution in [3.05, 3.63) is 36.0 Å². The summed E-state index contributed by atoms with van der Waals surface area (Å²) < 4.78 is 30.8. The zero-order chi connectivity index (χ0) is 24.7. The van der Waals surface area contributed by atoms with Crippen LogP contribution in [0.25, 0.3) is 11.2 Å². The van der Waals surface area contributed by atoms with E-state index in [0.29, 0.717) is 23.5 Å². The molecule has 2 aromatic heterocycles. The predicted molar refractivity (Wildman–Crippen MR) is 130 cm³/mol. The number of rotatable bonds is 6. The zero-order valence-corrected chi connectivity index (χ0v) is 20.0. The lowest BCUT2D eigenvalue weighted by Gasteiger charge is -2.26. The van der Waals surface area contributed by atoms with Crippen molar-refractivity contribution in [2.45, 2.75) is 82.6 Å². The Labute approximate surface area is 202 Å². The number of aliphatic hydroxyl groups is 2. The van der Waals surface area contributed by atoms with Crippen molar-refractivity contribution in [2.75, 3.05) is 10.6 Å². The topological polar surface area (TPSA) is 108 Å². The fourth-order valence-electron chi connectivity index (χ4n) is 5.36. The molecule has 0 spiro atoms. The molecule has 3 aromatic rings. The van der Waals surface area contributed by atoms with E-state index in [4.69, 9.17) is 4.98 Å². The van der Waals surface area contributed by atoms with E-state index in [2.05, 4.69) is 20.6 Å². The highest BCUT2D eigenvalue weighted by molar-refractivity contribution is 5.76. The first kappa shape index (κ1) is 23.9. The van der Waals surface area contributed by atoms with Crippen LogP contribution in [0.1, 0.15) is 64.8 Å². The summed E-state index contributed by atoms with van der Waals surface area (Å²) in [7, 11) is 0. The van der Waals surface area contributed by atoms with Gasteiger partial charge in [0.05, 0.1) is 17.9 Å². The average Bonchev–Trinajstić information content (AvgIpc) is 3.42. The van der Waals surface area contributed by atoms with Gasteiger partial charge in [-0.3, -0.25) is 4.57 Å². The maximum atomic E-state index is 14.4. The van der Waals surface area contributed by atoms with Crippen molar-refractivity contribution in [1.29, 1.82) is 0 Å². The predicted octanol–water partition coefficient (Wildman–Crippen LogP) is 4.68. The third-order valence-corrected chi connectivity index (χ3v) is 7.43. The quantitative estimate of drug-likeness (QED) is 0.401. The smallest absolute Gasteiger partial charge is 0.224 e. The largest absolute Gasteiger partial charge is 0.393 e. The van der Waals surface area contributed by atoms with Gasteiger partial charge in [-0.15, -0.1) is 0 Å². The summed E-state index contributed by atoms with van der Waals surface area (Å²) in [6, 6.07) is 3.82. The molecule has 188 valence electrons. The van der Waals surface area contributed by atoms with Gasteiger partial charge in [0.2, 0.25) is 11.9 Å². The van der Waals surface area contributed by atoms with Gasteiger partial charge < -0.3 is 20.8 Å². The third kappa shape index (κ3) is 4.95. The van der Waals surface area contributed by atoms with Gasteiger partial charge in [0, 0.05) is 12.1 Å². The molecule has 0 unspecified atom stereocenters. The van der Waals surface area contributed by atoms with Crippen LogP contribution in [0.5, 0.6) is 0 Å². The summed E-state index contributed by atoms with van der Waals surface area (Å²) in [6.07, 6.45) is 6.79. The van der Waals surface area contributed by atoms with Crippen molar-refractivity contribution < 1.29 is 19.0 Å². The number of para-hydroxylation sites is 1. The van der Waals surface area contributed by atoms with Crippen LogP contribution < -0.4 is 10.6 Å². The zero-order valence-electron chi connectivity index (χ0n) is 20.0. The second-order valence-corrected chi connectivity index (χ2v) is 10.4. The molecule has 35 heavy (non-hydrogen) atoms. The Kier molecular flexibility index (Phi) is 6.35. The van der Waals surface area contributed by atoms with Crippen LogP contribution in [0.15, 0.2) is 24.4 Å². The monoisotopic (exact) mass is 486 g/mol. The summed E-state index contributed by atoms with van der Waals surface area (Å²) in [5.74, 6) is -0.593. The molecule has 4 N–H and O–H groups in total. The van der Waals surface area contributed by atoms with E-state index in [-0.39, 0.29) is 35.7 Å². The van der Waals surface area contributed by atoms with Crippen molar-refractivity contribution in [3.8, 4) is 0 Å². The standard InChI is InChI=1S/C25H32F2N6O2/c1-25(2,35)14-6-9-16(12-14)33-22-20(30-24(33)31-21-18(26)4-3-5-19(21)27)13-28-23(32-22)29-15-7-10-17(34)11-8-15/h3-5,13-17,34-35H,6-12H2,1-2H3,(H,30,31)(H,28,29,32)/t14-,15-,16+,17-/m1/s1. The number of anilines is 3. The molecule has 2 saturated carbocycles. The molecule has 2 heterocycles. The highest BCUT2D eigenvalue weighted by atomic mass is 19.1. The number of aromatic nitrogens is 4. The van der Waals surface area contributed by atoms with Gasteiger partial charge >= 0.3 is 0 Å². The van der Waals surface area contributed by atoms with E-state index in [1.54, 1.807) is 6.20 Å². The van der Waals surface area contributed by atoms with Crippen molar-refractivity contribution in [2.24, 2.45) is 5.92 Å².